The average molecular weight is 257 g/mol. The smallest absolute Gasteiger partial charge is 0.242 e. The molecule has 0 aromatic carbocycles. The summed E-state index contributed by atoms with van der Waals surface area (Å²) in [4.78, 5) is 23.1. The zero-order chi connectivity index (χ0) is 14.0. The molecule has 2 unspecified atom stereocenters. The summed E-state index contributed by atoms with van der Waals surface area (Å²) in [6.45, 7) is 6.89. The second kappa shape index (κ2) is 9.88. The van der Waals surface area contributed by atoms with Crippen LogP contribution in [0.25, 0.3) is 0 Å². The van der Waals surface area contributed by atoms with Crippen molar-refractivity contribution in [3.05, 3.63) is 0 Å². The number of likely N-dealkylation sites (N-methyl/N-ethyl adjacent to an activating group) is 1. The first kappa shape index (κ1) is 16.9. The molecule has 2 amide bonds. The quantitative estimate of drug-likeness (QED) is 0.571. The number of carbonyl (C=O) groups excluding carboxylic acids is 2. The molecule has 0 aromatic heterocycles. The molecule has 0 heterocycles. The van der Waals surface area contributed by atoms with Gasteiger partial charge in [0, 0.05) is 13.0 Å². The number of hydrogen-bond acceptors (Lipinski definition) is 3. The van der Waals surface area contributed by atoms with Gasteiger partial charge in [-0.2, -0.15) is 0 Å². The van der Waals surface area contributed by atoms with Gasteiger partial charge in [-0.3, -0.25) is 9.59 Å². The Bertz CT molecular complexity index is 257. The van der Waals surface area contributed by atoms with Crippen LogP contribution < -0.4 is 16.4 Å². The van der Waals surface area contributed by atoms with E-state index in [1.807, 2.05) is 6.92 Å². The molecular formula is C13H27N3O2. The van der Waals surface area contributed by atoms with Gasteiger partial charge in [0.05, 0.1) is 0 Å². The van der Waals surface area contributed by atoms with Gasteiger partial charge in [0.1, 0.15) is 6.04 Å². The molecule has 0 aromatic rings. The van der Waals surface area contributed by atoms with Gasteiger partial charge in [0.15, 0.2) is 0 Å². The monoisotopic (exact) mass is 257 g/mol. The van der Waals surface area contributed by atoms with Crippen LogP contribution in [0.3, 0.4) is 0 Å². The van der Waals surface area contributed by atoms with E-state index in [1.54, 1.807) is 6.92 Å². The van der Waals surface area contributed by atoms with E-state index in [2.05, 4.69) is 17.6 Å². The fraction of sp³-hybridized carbons (Fsp3) is 0.846. The zero-order valence-electron chi connectivity index (χ0n) is 11.8. The molecule has 0 fully saturated rings. The lowest BCUT2D eigenvalue weighted by atomic mass is 9.96. The van der Waals surface area contributed by atoms with Crippen molar-refractivity contribution >= 4 is 11.8 Å². The SMILES string of the molecule is CCNC(=O)C(C)NC(=O)CCC(CC)CCN. The molecule has 106 valence electrons. The molecule has 5 heteroatoms. The van der Waals surface area contributed by atoms with Gasteiger partial charge in [-0.15, -0.1) is 0 Å². The molecule has 4 N–H and O–H groups in total. The van der Waals surface area contributed by atoms with Gasteiger partial charge < -0.3 is 16.4 Å². The topological polar surface area (TPSA) is 84.2 Å². The third kappa shape index (κ3) is 7.27. The lowest BCUT2D eigenvalue weighted by Crippen LogP contribution is -2.44. The van der Waals surface area contributed by atoms with Crippen LogP contribution in [-0.4, -0.2) is 30.9 Å². The van der Waals surface area contributed by atoms with Crippen LogP contribution in [0.15, 0.2) is 0 Å². The Hall–Kier alpha value is -1.10. The highest BCUT2D eigenvalue weighted by molar-refractivity contribution is 5.87. The molecule has 0 saturated carbocycles. The second-order valence-electron chi connectivity index (χ2n) is 4.57. The van der Waals surface area contributed by atoms with E-state index in [0.29, 0.717) is 25.4 Å². The number of carbonyl (C=O) groups is 2. The molecule has 0 rings (SSSR count). The number of nitrogens with one attached hydrogen (secondary N) is 2. The lowest BCUT2D eigenvalue weighted by molar-refractivity contribution is -0.128. The van der Waals surface area contributed by atoms with E-state index in [0.717, 1.165) is 19.3 Å². The molecular weight excluding hydrogens is 230 g/mol. The van der Waals surface area contributed by atoms with Crippen molar-refractivity contribution in [2.24, 2.45) is 11.7 Å². The Kier molecular flexibility index (Phi) is 9.28. The maximum Gasteiger partial charge on any atom is 0.242 e. The maximum absolute atomic E-state index is 11.7. The molecule has 0 radical (unpaired) electrons. The van der Waals surface area contributed by atoms with Crippen LogP contribution in [0.1, 0.15) is 46.5 Å². The van der Waals surface area contributed by atoms with Gasteiger partial charge >= 0.3 is 0 Å². The van der Waals surface area contributed by atoms with Crippen LogP contribution in [0.4, 0.5) is 0 Å². The standard InChI is InChI=1S/C13H27N3O2/c1-4-11(8-9-14)6-7-12(17)16-10(3)13(18)15-5-2/h10-11H,4-9,14H2,1-3H3,(H,15,18)(H,16,17). The van der Waals surface area contributed by atoms with Crippen molar-refractivity contribution in [1.29, 1.82) is 0 Å². The summed E-state index contributed by atoms with van der Waals surface area (Å²) in [6, 6.07) is -0.466. The second-order valence-corrected chi connectivity index (χ2v) is 4.57. The Morgan fingerprint density at radius 1 is 1.22 bits per heavy atom. The van der Waals surface area contributed by atoms with E-state index in [4.69, 9.17) is 5.73 Å². The average Bonchev–Trinajstić information content (AvgIpc) is 2.34. The predicted octanol–water partition coefficient (Wildman–Crippen LogP) is 0.782. The van der Waals surface area contributed by atoms with Crippen LogP contribution in [0.5, 0.6) is 0 Å². The van der Waals surface area contributed by atoms with Crippen LogP contribution in [-0.2, 0) is 9.59 Å². The zero-order valence-corrected chi connectivity index (χ0v) is 11.8. The van der Waals surface area contributed by atoms with Gasteiger partial charge in [0.25, 0.3) is 0 Å². The third-order valence-electron chi connectivity index (χ3n) is 3.05. The highest BCUT2D eigenvalue weighted by Gasteiger charge is 2.15. The Morgan fingerprint density at radius 3 is 2.39 bits per heavy atom. The van der Waals surface area contributed by atoms with E-state index in [-0.39, 0.29) is 11.8 Å². The summed E-state index contributed by atoms with van der Waals surface area (Å²) in [7, 11) is 0. The lowest BCUT2D eigenvalue weighted by Gasteiger charge is -2.16. The van der Waals surface area contributed by atoms with Crippen molar-refractivity contribution < 1.29 is 9.59 Å². The highest BCUT2D eigenvalue weighted by Crippen LogP contribution is 2.14. The van der Waals surface area contributed by atoms with Crippen molar-refractivity contribution in [3.8, 4) is 0 Å². The summed E-state index contributed by atoms with van der Waals surface area (Å²) in [5.41, 5.74) is 5.51. The Morgan fingerprint density at radius 2 is 1.89 bits per heavy atom. The minimum absolute atomic E-state index is 0.0655. The van der Waals surface area contributed by atoms with Crippen molar-refractivity contribution in [2.75, 3.05) is 13.1 Å². The first-order valence-corrected chi connectivity index (χ1v) is 6.82. The summed E-state index contributed by atoms with van der Waals surface area (Å²) in [5, 5.41) is 5.38. The molecule has 0 spiro atoms. The normalized spacial score (nSPS) is 13.8. The molecule has 0 aliphatic heterocycles. The summed E-state index contributed by atoms with van der Waals surface area (Å²) in [6.07, 6.45) is 3.29. The first-order valence-electron chi connectivity index (χ1n) is 6.82. The van der Waals surface area contributed by atoms with Crippen LogP contribution in [0, 0.1) is 5.92 Å². The fourth-order valence-corrected chi connectivity index (χ4v) is 1.83. The van der Waals surface area contributed by atoms with Crippen molar-refractivity contribution in [3.63, 3.8) is 0 Å². The summed E-state index contributed by atoms with van der Waals surface area (Å²) < 4.78 is 0. The van der Waals surface area contributed by atoms with Crippen molar-refractivity contribution in [2.45, 2.75) is 52.5 Å². The fourth-order valence-electron chi connectivity index (χ4n) is 1.83. The Labute approximate surface area is 110 Å². The molecule has 0 aliphatic rings. The highest BCUT2D eigenvalue weighted by atomic mass is 16.2. The third-order valence-corrected chi connectivity index (χ3v) is 3.05. The van der Waals surface area contributed by atoms with Gasteiger partial charge in [-0.05, 0) is 39.2 Å². The van der Waals surface area contributed by atoms with Gasteiger partial charge in [0.2, 0.25) is 11.8 Å². The van der Waals surface area contributed by atoms with E-state index >= 15 is 0 Å². The number of nitrogens with two attached hydrogens (primary N) is 1. The van der Waals surface area contributed by atoms with E-state index in [1.165, 1.54) is 0 Å². The van der Waals surface area contributed by atoms with Gasteiger partial charge in [-0.1, -0.05) is 13.3 Å². The number of hydrogen-bond donors (Lipinski definition) is 3. The molecule has 2 atom stereocenters. The van der Waals surface area contributed by atoms with E-state index in [9.17, 15) is 9.59 Å². The molecule has 5 nitrogen and oxygen atoms in total. The molecule has 0 bridgehead atoms. The molecule has 0 saturated heterocycles. The number of rotatable bonds is 9. The Balaban J connectivity index is 3.92. The summed E-state index contributed by atoms with van der Waals surface area (Å²) >= 11 is 0. The van der Waals surface area contributed by atoms with Crippen molar-refractivity contribution in [1.82, 2.24) is 10.6 Å². The van der Waals surface area contributed by atoms with Gasteiger partial charge in [-0.25, -0.2) is 0 Å². The molecule has 0 aliphatic carbocycles. The largest absolute Gasteiger partial charge is 0.355 e. The minimum atomic E-state index is -0.466. The minimum Gasteiger partial charge on any atom is -0.355 e. The first-order chi connectivity index (χ1) is 8.54. The maximum atomic E-state index is 11.7. The van der Waals surface area contributed by atoms with Crippen LogP contribution in [0.2, 0.25) is 0 Å². The molecule has 18 heavy (non-hydrogen) atoms. The predicted molar refractivity (Wildman–Crippen MR) is 73.0 cm³/mol. The summed E-state index contributed by atoms with van der Waals surface area (Å²) in [5.74, 6) is 0.296. The van der Waals surface area contributed by atoms with Crippen LogP contribution >= 0.6 is 0 Å². The van der Waals surface area contributed by atoms with E-state index < -0.39 is 6.04 Å². The number of amides is 2.